The lowest BCUT2D eigenvalue weighted by molar-refractivity contribution is -0.305. The van der Waals surface area contributed by atoms with Crippen LogP contribution in [-0.2, 0) is 28.5 Å². The molecule has 0 saturated carbocycles. The number of carbonyl (C=O) groups is 2. The molecule has 176 valence electrons. The van der Waals surface area contributed by atoms with Crippen molar-refractivity contribution in [1.29, 1.82) is 0 Å². The summed E-state index contributed by atoms with van der Waals surface area (Å²) in [5, 5.41) is 38.9. The van der Waals surface area contributed by atoms with Crippen molar-refractivity contribution in [3.05, 3.63) is 0 Å². The quantitative estimate of drug-likeness (QED) is 0.217. The van der Waals surface area contributed by atoms with E-state index in [1.54, 1.807) is 0 Å². The van der Waals surface area contributed by atoms with E-state index < -0.39 is 55.4 Å². The van der Waals surface area contributed by atoms with Crippen molar-refractivity contribution in [3.63, 3.8) is 0 Å². The number of esters is 2. The van der Waals surface area contributed by atoms with Crippen molar-refractivity contribution in [3.8, 4) is 0 Å². The Balaban J connectivity index is 2.64. The minimum absolute atomic E-state index is 0.216. The summed E-state index contributed by atoms with van der Waals surface area (Å²) in [6.45, 7) is 2.87. The minimum Gasteiger partial charge on any atom is -0.462 e. The monoisotopic (exact) mass is 436 g/mol. The molecular formula is C20H36O10. The van der Waals surface area contributed by atoms with E-state index in [0.29, 0.717) is 12.8 Å². The van der Waals surface area contributed by atoms with Gasteiger partial charge in [0.05, 0.1) is 13.2 Å². The van der Waals surface area contributed by atoms with Gasteiger partial charge in [0, 0.05) is 12.8 Å². The molecule has 1 aliphatic rings. The predicted octanol–water partition coefficient (Wildman–Crippen LogP) is 0.0284. The summed E-state index contributed by atoms with van der Waals surface area (Å²) in [5.74, 6) is -0.882. The lowest BCUT2D eigenvalue weighted by Crippen LogP contribution is -2.59. The van der Waals surface area contributed by atoms with E-state index in [4.69, 9.17) is 18.9 Å². The average Bonchev–Trinajstić information content (AvgIpc) is 2.73. The summed E-state index contributed by atoms with van der Waals surface area (Å²) in [4.78, 5) is 23.8. The first-order chi connectivity index (χ1) is 14.3. The third-order valence-corrected chi connectivity index (χ3v) is 4.74. The molecular weight excluding hydrogens is 400 g/mol. The van der Waals surface area contributed by atoms with E-state index in [1.807, 2.05) is 13.8 Å². The van der Waals surface area contributed by atoms with Gasteiger partial charge < -0.3 is 39.4 Å². The zero-order valence-electron chi connectivity index (χ0n) is 17.8. The molecule has 6 atom stereocenters. The number of ether oxygens (including phenoxy) is 4. The van der Waals surface area contributed by atoms with Gasteiger partial charge >= 0.3 is 11.9 Å². The van der Waals surface area contributed by atoms with E-state index in [9.17, 15) is 30.0 Å². The van der Waals surface area contributed by atoms with Crippen LogP contribution in [0.5, 0.6) is 0 Å². The Morgan fingerprint density at radius 2 is 1.57 bits per heavy atom. The maximum Gasteiger partial charge on any atom is 0.306 e. The van der Waals surface area contributed by atoms with Crippen LogP contribution in [0.2, 0.25) is 0 Å². The Morgan fingerprint density at radius 1 is 0.900 bits per heavy atom. The molecule has 10 heteroatoms. The minimum atomic E-state index is -1.58. The van der Waals surface area contributed by atoms with Gasteiger partial charge in [-0.15, -0.1) is 0 Å². The molecule has 0 aromatic carbocycles. The summed E-state index contributed by atoms with van der Waals surface area (Å²) >= 11 is 0. The second-order valence-corrected chi connectivity index (χ2v) is 7.39. The maximum absolute atomic E-state index is 12.0. The standard InChI is InChI=1S/C20H36O10/c1-3-5-7-9-16(23)29-13(11-27-15(22)8-6-4-2)12-28-20-19(26)18(25)17(24)14(10-21)30-20/h13-14,17-21,24-26H,3-12H2,1-2H3. The third-order valence-electron chi connectivity index (χ3n) is 4.74. The van der Waals surface area contributed by atoms with Crippen LogP contribution in [0.3, 0.4) is 0 Å². The molecule has 1 fully saturated rings. The van der Waals surface area contributed by atoms with Gasteiger partial charge in [-0.2, -0.15) is 0 Å². The lowest BCUT2D eigenvalue weighted by atomic mass is 9.99. The summed E-state index contributed by atoms with van der Waals surface area (Å²) in [7, 11) is 0. The Labute approximate surface area is 177 Å². The molecule has 1 heterocycles. The summed E-state index contributed by atoms with van der Waals surface area (Å²) in [5.41, 5.74) is 0. The van der Waals surface area contributed by atoms with Crippen LogP contribution in [-0.4, -0.2) is 89.0 Å². The van der Waals surface area contributed by atoms with Crippen LogP contribution >= 0.6 is 0 Å². The molecule has 0 bridgehead atoms. The molecule has 0 aliphatic carbocycles. The molecule has 10 nitrogen and oxygen atoms in total. The second-order valence-electron chi connectivity index (χ2n) is 7.39. The Bertz CT molecular complexity index is 498. The highest BCUT2D eigenvalue weighted by molar-refractivity contribution is 5.70. The van der Waals surface area contributed by atoms with Gasteiger partial charge in [0.25, 0.3) is 0 Å². The van der Waals surface area contributed by atoms with Gasteiger partial charge in [-0.25, -0.2) is 0 Å². The summed E-state index contributed by atoms with van der Waals surface area (Å²) in [6, 6.07) is 0. The van der Waals surface area contributed by atoms with Crippen molar-refractivity contribution in [2.75, 3.05) is 19.8 Å². The van der Waals surface area contributed by atoms with E-state index in [-0.39, 0.29) is 26.1 Å². The topological polar surface area (TPSA) is 152 Å². The third kappa shape index (κ3) is 9.23. The largest absolute Gasteiger partial charge is 0.462 e. The van der Waals surface area contributed by atoms with E-state index in [0.717, 1.165) is 19.3 Å². The Kier molecular flexibility index (Phi) is 13.1. The zero-order valence-corrected chi connectivity index (χ0v) is 17.8. The van der Waals surface area contributed by atoms with Crippen molar-refractivity contribution in [1.82, 2.24) is 0 Å². The number of hydrogen-bond acceptors (Lipinski definition) is 10. The molecule has 0 radical (unpaired) electrons. The van der Waals surface area contributed by atoms with Gasteiger partial charge in [0.15, 0.2) is 12.4 Å². The maximum atomic E-state index is 12.0. The van der Waals surface area contributed by atoms with Gasteiger partial charge in [-0.05, 0) is 12.8 Å². The van der Waals surface area contributed by atoms with E-state index >= 15 is 0 Å². The van der Waals surface area contributed by atoms with E-state index in [1.165, 1.54) is 0 Å². The average molecular weight is 436 g/mol. The highest BCUT2D eigenvalue weighted by atomic mass is 16.7. The number of carbonyl (C=O) groups excluding carboxylic acids is 2. The molecule has 6 unspecified atom stereocenters. The number of unbranched alkanes of at least 4 members (excludes halogenated alkanes) is 3. The predicted molar refractivity (Wildman–Crippen MR) is 104 cm³/mol. The molecule has 4 N–H and O–H groups in total. The zero-order chi connectivity index (χ0) is 22.5. The molecule has 0 aromatic rings. The lowest BCUT2D eigenvalue weighted by Gasteiger charge is -2.39. The first kappa shape index (κ1) is 26.7. The smallest absolute Gasteiger partial charge is 0.306 e. The molecule has 0 amide bonds. The van der Waals surface area contributed by atoms with Crippen LogP contribution in [0.1, 0.15) is 58.8 Å². The molecule has 1 aliphatic heterocycles. The molecule has 1 saturated heterocycles. The number of aliphatic hydroxyl groups excluding tert-OH is 4. The SMILES string of the molecule is CCCCCC(=O)OC(COC(=O)CCCC)COC1OC(CO)C(O)C(O)C1O. The molecule has 1 rings (SSSR count). The fraction of sp³-hybridized carbons (Fsp3) is 0.900. The Hall–Kier alpha value is -1.30. The van der Waals surface area contributed by atoms with Gasteiger partial charge in [-0.1, -0.05) is 33.1 Å². The van der Waals surface area contributed by atoms with Crippen molar-refractivity contribution >= 4 is 11.9 Å². The second kappa shape index (κ2) is 14.7. The molecule has 30 heavy (non-hydrogen) atoms. The highest BCUT2D eigenvalue weighted by Gasteiger charge is 2.44. The van der Waals surface area contributed by atoms with Crippen molar-refractivity contribution < 1.29 is 49.0 Å². The van der Waals surface area contributed by atoms with Crippen LogP contribution in [0.15, 0.2) is 0 Å². The normalized spacial score (nSPS) is 27.5. The summed E-state index contributed by atoms with van der Waals surface area (Å²) in [6.07, 6.45) is -3.58. The van der Waals surface area contributed by atoms with Gasteiger partial charge in [0.1, 0.15) is 31.0 Å². The number of rotatable bonds is 14. The van der Waals surface area contributed by atoms with Crippen molar-refractivity contribution in [2.24, 2.45) is 0 Å². The van der Waals surface area contributed by atoms with Crippen molar-refractivity contribution in [2.45, 2.75) is 95.6 Å². The Morgan fingerprint density at radius 3 is 2.20 bits per heavy atom. The van der Waals surface area contributed by atoms with Gasteiger partial charge in [-0.3, -0.25) is 9.59 Å². The fourth-order valence-electron chi connectivity index (χ4n) is 2.87. The van der Waals surface area contributed by atoms with Crippen LogP contribution in [0.25, 0.3) is 0 Å². The summed E-state index contributed by atoms with van der Waals surface area (Å²) < 4.78 is 21.2. The van der Waals surface area contributed by atoms with Gasteiger partial charge in [0.2, 0.25) is 0 Å². The van der Waals surface area contributed by atoms with Crippen LogP contribution in [0, 0.1) is 0 Å². The first-order valence-electron chi connectivity index (χ1n) is 10.6. The molecule has 0 aromatic heterocycles. The van der Waals surface area contributed by atoms with Crippen LogP contribution in [0.4, 0.5) is 0 Å². The number of hydrogen-bond donors (Lipinski definition) is 4. The molecule has 0 spiro atoms. The van der Waals surface area contributed by atoms with E-state index in [2.05, 4.69) is 0 Å². The fourth-order valence-corrected chi connectivity index (χ4v) is 2.87. The number of aliphatic hydroxyl groups is 4. The first-order valence-corrected chi connectivity index (χ1v) is 10.6. The highest BCUT2D eigenvalue weighted by Crippen LogP contribution is 2.22. The van der Waals surface area contributed by atoms with Crippen LogP contribution < -0.4 is 0 Å².